The summed E-state index contributed by atoms with van der Waals surface area (Å²) in [6, 6.07) is 13.7. The lowest BCUT2D eigenvalue weighted by atomic mass is 9.84. The van der Waals surface area contributed by atoms with Crippen molar-refractivity contribution in [3.05, 3.63) is 76.1 Å². The number of hydrogen-bond acceptors (Lipinski definition) is 8. The van der Waals surface area contributed by atoms with Gasteiger partial charge in [-0.3, -0.25) is 9.59 Å². The van der Waals surface area contributed by atoms with Crippen molar-refractivity contribution >= 4 is 16.9 Å². The first-order valence-corrected chi connectivity index (χ1v) is 10.8. The van der Waals surface area contributed by atoms with Gasteiger partial charge in [0.2, 0.25) is 5.43 Å². The van der Waals surface area contributed by atoms with E-state index in [0.717, 1.165) is 0 Å². The first-order valence-electron chi connectivity index (χ1n) is 10.8. The molecule has 35 heavy (non-hydrogen) atoms. The fraction of sp³-hybridized carbons (Fsp3) is 0.185. The van der Waals surface area contributed by atoms with Gasteiger partial charge in [0.05, 0.1) is 33.3 Å². The molecule has 8 heteroatoms. The van der Waals surface area contributed by atoms with Crippen molar-refractivity contribution in [1.82, 2.24) is 0 Å². The molecule has 1 N–H and O–H groups in total. The average molecular weight is 474 g/mol. The summed E-state index contributed by atoms with van der Waals surface area (Å²) in [5.74, 6) is 0.0386. The topological polar surface area (TPSA) is 104 Å². The molecule has 0 radical (unpaired) electrons. The molecule has 0 saturated carbocycles. The molecule has 0 aliphatic carbocycles. The largest absolute Gasteiger partial charge is 0.507 e. The highest BCUT2D eigenvalue weighted by Crippen LogP contribution is 2.49. The second kappa shape index (κ2) is 8.72. The fourth-order valence-corrected chi connectivity index (χ4v) is 4.54. The van der Waals surface area contributed by atoms with Gasteiger partial charge < -0.3 is 28.5 Å². The van der Waals surface area contributed by atoms with Gasteiger partial charge >= 0.3 is 5.97 Å². The molecule has 5 rings (SSSR count). The smallest absolute Gasteiger partial charge is 0.312 e. The Morgan fingerprint density at radius 2 is 1.60 bits per heavy atom. The molecule has 0 saturated heterocycles. The first-order chi connectivity index (χ1) is 17.0. The third-order valence-electron chi connectivity index (χ3n) is 6.17. The molecule has 4 aromatic rings. The van der Waals surface area contributed by atoms with E-state index in [4.69, 9.17) is 23.4 Å². The maximum atomic E-state index is 13.5. The van der Waals surface area contributed by atoms with E-state index in [2.05, 4.69) is 0 Å². The zero-order valence-electron chi connectivity index (χ0n) is 19.3. The van der Waals surface area contributed by atoms with E-state index in [9.17, 15) is 14.7 Å². The number of phenolic OH excluding ortho intramolecular Hbond substituents is 1. The van der Waals surface area contributed by atoms with Gasteiger partial charge in [0.25, 0.3) is 0 Å². The van der Waals surface area contributed by atoms with Crippen LogP contribution in [-0.4, -0.2) is 32.4 Å². The lowest BCUT2D eigenvalue weighted by Crippen LogP contribution is -2.22. The Hall–Kier alpha value is -4.46. The Morgan fingerprint density at radius 1 is 0.914 bits per heavy atom. The fourth-order valence-electron chi connectivity index (χ4n) is 4.54. The number of carbonyl (C=O) groups excluding carboxylic acids is 1. The second-order valence-electron chi connectivity index (χ2n) is 8.04. The van der Waals surface area contributed by atoms with E-state index < -0.39 is 17.3 Å². The quantitative estimate of drug-likeness (QED) is 0.330. The molecule has 1 aliphatic rings. The van der Waals surface area contributed by atoms with E-state index in [1.165, 1.54) is 33.7 Å². The van der Waals surface area contributed by atoms with E-state index >= 15 is 0 Å². The highest BCUT2D eigenvalue weighted by molar-refractivity contribution is 5.94. The molecule has 8 nitrogen and oxygen atoms in total. The van der Waals surface area contributed by atoms with E-state index in [-0.39, 0.29) is 28.9 Å². The monoisotopic (exact) mass is 474 g/mol. The molecular formula is C27H22O8. The van der Waals surface area contributed by atoms with Gasteiger partial charge in [-0.2, -0.15) is 0 Å². The predicted molar refractivity (Wildman–Crippen MR) is 128 cm³/mol. The van der Waals surface area contributed by atoms with Crippen LogP contribution in [0.15, 0.2) is 64.0 Å². The summed E-state index contributed by atoms with van der Waals surface area (Å²) < 4.78 is 27.9. The van der Waals surface area contributed by atoms with Crippen LogP contribution in [0.5, 0.6) is 28.7 Å². The molecule has 0 bridgehead atoms. The van der Waals surface area contributed by atoms with Gasteiger partial charge in [-0.05, 0) is 11.6 Å². The van der Waals surface area contributed by atoms with Gasteiger partial charge in [0.1, 0.15) is 34.5 Å². The number of fused-ring (bicyclic) bond motifs is 3. The highest BCUT2D eigenvalue weighted by atomic mass is 16.5. The van der Waals surface area contributed by atoms with Crippen LogP contribution in [-0.2, 0) is 4.79 Å². The molecule has 0 amide bonds. The van der Waals surface area contributed by atoms with Crippen LogP contribution in [0.4, 0.5) is 0 Å². The number of carbonyl (C=O) groups is 1. The van der Waals surface area contributed by atoms with E-state index in [1.807, 2.05) is 18.2 Å². The number of methoxy groups -OCH3 is 3. The van der Waals surface area contributed by atoms with Crippen LogP contribution in [0.2, 0.25) is 0 Å². The van der Waals surface area contributed by atoms with Crippen LogP contribution < -0.4 is 24.4 Å². The summed E-state index contributed by atoms with van der Waals surface area (Å²) in [5.41, 5.74) is 1.78. The molecular weight excluding hydrogens is 452 g/mol. The lowest BCUT2D eigenvalue weighted by molar-refractivity contribution is -0.135. The highest BCUT2D eigenvalue weighted by Gasteiger charge is 2.35. The zero-order chi connectivity index (χ0) is 24.7. The Morgan fingerprint density at radius 3 is 2.29 bits per heavy atom. The minimum Gasteiger partial charge on any atom is -0.507 e. The van der Waals surface area contributed by atoms with Crippen LogP contribution in [0.3, 0.4) is 0 Å². The van der Waals surface area contributed by atoms with Gasteiger partial charge in [-0.1, -0.05) is 30.3 Å². The Labute approximate surface area is 200 Å². The normalized spacial score (nSPS) is 14.8. The molecule has 1 atom stereocenters. The molecule has 0 spiro atoms. The number of ether oxygens (including phenoxy) is 4. The van der Waals surface area contributed by atoms with Crippen LogP contribution >= 0.6 is 0 Å². The molecule has 178 valence electrons. The third kappa shape index (κ3) is 3.63. The van der Waals surface area contributed by atoms with E-state index in [0.29, 0.717) is 39.5 Å². The first kappa shape index (κ1) is 22.3. The number of rotatable bonds is 5. The van der Waals surface area contributed by atoms with E-state index in [1.54, 1.807) is 24.3 Å². The van der Waals surface area contributed by atoms with Crippen molar-refractivity contribution in [3.8, 4) is 39.9 Å². The minimum absolute atomic E-state index is 0.00694. The number of benzene rings is 3. The van der Waals surface area contributed by atoms with Gasteiger partial charge in [0.15, 0.2) is 11.5 Å². The van der Waals surface area contributed by atoms with Gasteiger partial charge in [-0.15, -0.1) is 0 Å². The van der Waals surface area contributed by atoms with Crippen molar-refractivity contribution in [2.45, 2.75) is 12.3 Å². The summed E-state index contributed by atoms with van der Waals surface area (Å²) in [6.07, 6.45) is 1.32. The predicted octanol–water partition coefficient (Wildman–Crippen LogP) is 4.63. The molecule has 2 heterocycles. The molecule has 1 unspecified atom stereocenters. The van der Waals surface area contributed by atoms with Crippen LogP contribution in [0.1, 0.15) is 23.5 Å². The van der Waals surface area contributed by atoms with Crippen LogP contribution in [0, 0.1) is 0 Å². The van der Waals surface area contributed by atoms with Crippen LogP contribution in [0.25, 0.3) is 22.1 Å². The van der Waals surface area contributed by atoms with Gasteiger partial charge in [0, 0.05) is 29.2 Å². The average Bonchev–Trinajstić information content (AvgIpc) is 2.87. The maximum absolute atomic E-state index is 13.5. The Kier molecular flexibility index (Phi) is 5.56. The number of hydrogen-bond donors (Lipinski definition) is 1. The summed E-state index contributed by atoms with van der Waals surface area (Å²) in [5, 5.41) is 10.8. The van der Waals surface area contributed by atoms with Crippen molar-refractivity contribution < 1.29 is 33.3 Å². The van der Waals surface area contributed by atoms with Gasteiger partial charge in [-0.25, -0.2) is 0 Å². The standard InChI is InChI=1S/C27H22O8/c1-31-19-12-21(33-3)20(32-2)9-15(19)16-10-23(29)35-22-11-18(28)25-26(30)17(13-34-27(25)24(16)22)14-7-5-4-6-8-14/h4-9,11-13,16,28H,10H2,1-3H3. The molecule has 1 aromatic heterocycles. The van der Waals surface area contributed by atoms with Crippen molar-refractivity contribution in [2.75, 3.05) is 21.3 Å². The number of esters is 1. The Balaban J connectivity index is 1.80. The summed E-state index contributed by atoms with van der Waals surface area (Å²) >= 11 is 0. The van der Waals surface area contributed by atoms with Crippen molar-refractivity contribution in [3.63, 3.8) is 0 Å². The maximum Gasteiger partial charge on any atom is 0.312 e. The molecule has 1 aliphatic heterocycles. The molecule has 0 fully saturated rings. The Bertz CT molecular complexity index is 1500. The molecule has 3 aromatic carbocycles. The number of phenols is 1. The third-order valence-corrected chi connectivity index (χ3v) is 6.17. The second-order valence-corrected chi connectivity index (χ2v) is 8.04. The summed E-state index contributed by atoms with van der Waals surface area (Å²) in [6.45, 7) is 0. The summed E-state index contributed by atoms with van der Waals surface area (Å²) in [7, 11) is 4.53. The lowest BCUT2D eigenvalue weighted by Gasteiger charge is -2.27. The van der Waals surface area contributed by atoms with Crippen molar-refractivity contribution in [1.29, 1.82) is 0 Å². The SMILES string of the molecule is COc1cc(OC)c(C2CC(=O)Oc3cc(O)c4c(=O)c(-c5ccccc5)coc4c32)cc1OC. The van der Waals surface area contributed by atoms with Crippen molar-refractivity contribution in [2.24, 2.45) is 0 Å². The zero-order valence-corrected chi connectivity index (χ0v) is 19.3. The number of aromatic hydroxyl groups is 1. The minimum atomic E-state index is -0.602. The summed E-state index contributed by atoms with van der Waals surface area (Å²) in [4.78, 5) is 26.0.